The largest absolute Gasteiger partial charge is 0.492 e. The monoisotopic (exact) mass is 247 g/mol. The minimum Gasteiger partial charge on any atom is -0.492 e. The number of hydrogen-bond acceptors (Lipinski definition) is 2. The number of benzene rings is 1. The van der Waals surface area contributed by atoms with Gasteiger partial charge in [0.1, 0.15) is 12.4 Å². The maximum absolute atomic E-state index is 5.89. The van der Waals surface area contributed by atoms with Gasteiger partial charge in [0.2, 0.25) is 0 Å². The van der Waals surface area contributed by atoms with E-state index in [0.29, 0.717) is 6.04 Å². The van der Waals surface area contributed by atoms with E-state index in [9.17, 15) is 0 Å². The Labute approximate surface area is 111 Å². The van der Waals surface area contributed by atoms with Crippen molar-refractivity contribution in [1.82, 2.24) is 5.32 Å². The van der Waals surface area contributed by atoms with Gasteiger partial charge in [-0.2, -0.15) is 0 Å². The third-order valence-electron chi connectivity index (χ3n) is 4.01. The standard InChI is InChI=1S/C16H25NO/c1-17-16(14-9-5-2-3-6-10-14)13-18-15-11-7-4-8-12-15/h4,7-8,11-12,14,16-17H,2-3,5-6,9-10,13H2,1H3. The molecule has 1 fully saturated rings. The number of ether oxygens (including phenoxy) is 1. The quantitative estimate of drug-likeness (QED) is 0.802. The predicted octanol–water partition coefficient (Wildman–Crippen LogP) is 3.62. The van der Waals surface area contributed by atoms with Gasteiger partial charge < -0.3 is 10.1 Å². The zero-order valence-corrected chi connectivity index (χ0v) is 11.4. The Morgan fingerprint density at radius 3 is 2.39 bits per heavy atom. The summed E-state index contributed by atoms with van der Waals surface area (Å²) < 4.78 is 5.89. The lowest BCUT2D eigenvalue weighted by Gasteiger charge is -2.25. The summed E-state index contributed by atoms with van der Waals surface area (Å²) >= 11 is 0. The van der Waals surface area contributed by atoms with E-state index >= 15 is 0 Å². The van der Waals surface area contributed by atoms with E-state index in [-0.39, 0.29) is 0 Å². The Balaban J connectivity index is 1.84. The molecule has 1 aromatic carbocycles. The van der Waals surface area contributed by atoms with E-state index in [4.69, 9.17) is 4.74 Å². The van der Waals surface area contributed by atoms with Crippen molar-refractivity contribution in [3.8, 4) is 5.75 Å². The van der Waals surface area contributed by atoms with Crippen LogP contribution in [0.15, 0.2) is 30.3 Å². The Morgan fingerprint density at radius 1 is 1.11 bits per heavy atom. The van der Waals surface area contributed by atoms with E-state index in [1.807, 2.05) is 30.3 Å². The molecule has 1 N–H and O–H groups in total. The highest BCUT2D eigenvalue weighted by molar-refractivity contribution is 5.20. The van der Waals surface area contributed by atoms with Gasteiger partial charge in [-0.1, -0.05) is 43.9 Å². The molecule has 0 saturated heterocycles. The highest BCUT2D eigenvalue weighted by Crippen LogP contribution is 2.26. The molecular formula is C16H25NO. The first-order chi connectivity index (χ1) is 8.90. The highest BCUT2D eigenvalue weighted by atomic mass is 16.5. The molecule has 2 nitrogen and oxygen atoms in total. The minimum atomic E-state index is 0.489. The highest BCUT2D eigenvalue weighted by Gasteiger charge is 2.21. The molecule has 2 rings (SSSR count). The molecule has 0 amide bonds. The van der Waals surface area contributed by atoms with Crippen molar-refractivity contribution >= 4 is 0 Å². The predicted molar refractivity (Wildman–Crippen MR) is 76.0 cm³/mol. The molecule has 0 spiro atoms. The summed E-state index contributed by atoms with van der Waals surface area (Å²) in [7, 11) is 2.06. The molecule has 0 bridgehead atoms. The van der Waals surface area contributed by atoms with E-state index in [1.54, 1.807) is 0 Å². The molecule has 100 valence electrons. The maximum atomic E-state index is 5.89. The number of likely N-dealkylation sites (N-methyl/N-ethyl adjacent to an activating group) is 1. The molecule has 0 aromatic heterocycles. The first-order valence-electron chi connectivity index (χ1n) is 7.25. The van der Waals surface area contributed by atoms with Gasteiger partial charge in [-0.15, -0.1) is 0 Å². The molecule has 1 atom stereocenters. The zero-order chi connectivity index (χ0) is 12.6. The molecule has 1 aromatic rings. The molecule has 0 heterocycles. The van der Waals surface area contributed by atoms with Gasteiger partial charge in [0.15, 0.2) is 0 Å². The molecule has 0 radical (unpaired) electrons. The van der Waals surface area contributed by atoms with Crippen LogP contribution in [-0.4, -0.2) is 19.7 Å². The Morgan fingerprint density at radius 2 is 1.78 bits per heavy atom. The van der Waals surface area contributed by atoms with Gasteiger partial charge in [0.25, 0.3) is 0 Å². The SMILES string of the molecule is CNC(COc1ccccc1)C1CCCCCC1. The van der Waals surface area contributed by atoms with Crippen LogP contribution in [0, 0.1) is 5.92 Å². The molecule has 1 unspecified atom stereocenters. The average Bonchev–Trinajstić information content (AvgIpc) is 2.70. The van der Waals surface area contributed by atoms with Gasteiger partial charge in [-0.3, -0.25) is 0 Å². The lowest BCUT2D eigenvalue weighted by atomic mass is 9.92. The number of nitrogens with one attached hydrogen (secondary N) is 1. The van der Waals surface area contributed by atoms with Gasteiger partial charge in [-0.05, 0) is 37.9 Å². The van der Waals surface area contributed by atoms with Crippen LogP contribution in [0.2, 0.25) is 0 Å². The fourth-order valence-corrected chi connectivity index (χ4v) is 2.87. The minimum absolute atomic E-state index is 0.489. The first kappa shape index (κ1) is 13.4. The van der Waals surface area contributed by atoms with Crippen molar-refractivity contribution < 1.29 is 4.74 Å². The Bertz CT molecular complexity index is 317. The van der Waals surface area contributed by atoms with Gasteiger partial charge in [-0.25, -0.2) is 0 Å². The second kappa shape index (κ2) is 7.42. The lowest BCUT2D eigenvalue weighted by Crippen LogP contribution is -2.38. The summed E-state index contributed by atoms with van der Waals surface area (Å²) in [5.74, 6) is 1.76. The fraction of sp³-hybridized carbons (Fsp3) is 0.625. The zero-order valence-electron chi connectivity index (χ0n) is 11.4. The van der Waals surface area contributed by atoms with Crippen molar-refractivity contribution in [3.63, 3.8) is 0 Å². The van der Waals surface area contributed by atoms with Crippen LogP contribution in [0.3, 0.4) is 0 Å². The van der Waals surface area contributed by atoms with Crippen LogP contribution in [0.1, 0.15) is 38.5 Å². The van der Waals surface area contributed by atoms with Crippen molar-refractivity contribution in [3.05, 3.63) is 30.3 Å². The molecule has 18 heavy (non-hydrogen) atoms. The van der Waals surface area contributed by atoms with Crippen molar-refractivity contribution in [2.75, 3.05) is 13.7 Å². The van der Waals surface area contributed by atoms with Crippen molar-refractivity contribution in [1.29, 1.82) is 0 Å². The normalized spacial score (nSPS) is 19.2. The van der Waals surface area contributed by atoms with Crippen molar-refractivity contribution in [2.45, 2.75) is 44.6 Å². The molecule has 1 saturated carbocycles. The summed E-state index contributed by atoms with van der Waals surface area (Å²) in [5.41, 5.74) is 0. The Hall–Kier alpha value is -1.02. The molecule has 1 aliphatic carbocycles. The van der Waals surface area contributed by atoms with Crippen LogP contribution in [0.4, 0.5) is 0 Å². The molecule has 2 heteroatoms. The summed E-state index contributed by atoms with van der Waals surface area (Å²) in [5, 5.41) is 3.44. The summed E-state index contributed by atoms with van der Waals surface area (Å²) in [6.07, 6.45) is 8.29. The summed E-state index contributed by atoms with van der Waals surface area (Å²) in [4.78, 5) is 0. The van der Waals surface area contributed by atoms with Gasteiger partial charge in [0.05, 0.1) is 0 Å². The average molecular weight is 247 g/mol. The van der Waals surface area contributed by atoms with Gasteiger partial charge in [0, 0.05) is 6.04 Å². The van der Waals surface area contributed by atoms with E-state index in [0.717, 1.165) is 18.3 Å². The Kier molecular flexibility index (Phi) is 5.53. The second-order valence-corrected chi connectivity index (χ2v) is 5.27. The van der Waals surface area contributed by atoms with Gasteiger partial charge >= 0.3 is 0 Å². The maximum Gasteiger partial charge on any atom is 0.119 e. The number of para-hydroxylation sites is 1. The van der Waals surface area contributed by atoms with E-state index < -0.39 is 0 Å². The summed E-state index contributed by atoms with van der Waals surface area (Å²) in [6, 6.07) is 10.6. The molecule has 1 aliphatic rings. The lowest BCUT2D eigenvalue weighted by molar-refractivity contribution is 0.211. The van der Waals surface area contributed by atoms with E-state index in [1.165, 1.54) is 38.5 Å². The van der Waals surface area contributed by atoms with Crippen LogP contribution < -0.4 is 10.1 Å². The van der Waals surface area contributed by atoms with E-state index in [2.05, 4.69) is 12.4 Å². The van der Waals surface area contributed by atoms with Crippen LogP contribution in [0.5, 0.6) is 5.75 Å². The smallest absolute Gasteiger partial charge is 0.119 e. The second-order valence-electron chi connectivity index (χ2n) is 5.27. The third kappa shape index (κ3) is 4.02. The van der Waals surface area contributed by atoms with Crippen molar-refractivity contribution in [2.24, 2.45) is 5.92 Å². The topological polar surface area (TPSA) is 21.3 Å². The molecular weight excluding hydrogens is 222 g/mol. The fourth-order valence-electron chi connectivity index (χ4n) is 2.87. The van der Waals surface area contributed by atoms with Crippen LogP contribution in [0.25, 0.3) is 0 Å². The molecule has 0 aliphatic heterocycles. The number of rotatable bonds is 5. The third-order valence-corrected chi connectivity index (χ3v) is 4.01. The number of hydrogen-bond donors (Lipinski definition) is 1. The summed E-state index contributed by atoms with van der Waals surface area (Å²) in [6.45, 7) is 0.783. The first-order valence-corrected chi connectivity index (χ1v) is 7.25. The van der Waals surface area contributed by atoms with Crippen LogP contribution >= 0.6 is 0 Å². The van der Waals surface area contributed by atoms with Crippen LogP contribution in [-0.2, 0) is 0 Å².